The van der Waals surface area contributed by atoms with E-state index in [1.165, 1.54) is 7.11 Å². The van der Waals surface area contributed by atoms with E-state index in [2.05, 4.69) is 9.71 Å². The van der Waals surface area contributed by atoms with E-state index in [4.69, 9.17) is 4.74 Å². The van der Waals surface area contributed by atoms with E-state index in [0.717, 1.165) is 5.56 Å². The maximum atomic E-state index is 12.1. The smallest absolute Gasteiger partial charge is 0.214 e. The first-order chi connectivity index (χ1) is 10.1. The maximum Gasteiger partial charge on any atom is 0.214 e. The van der Waals surface area contributed by atoms with E-state index in [1.54, 1.807) is 18.3 Å². The lowest BCUT2D eigenvalue weighted by Crippen LogP contribution is -2.33. The van der Waals surface area contributed by atoms with Crippen molar-refractivity contribution in [2.45, 2.75) is 6.04 Å². The van der Waals surface area contributed by atoms with Crippen LogP contribution in [0.2, 0.25) is 0 Å². The average molecular weight is 306 g/mol. The number of aromatic nitrogens is 1. The van der Waals surface area contributed by atoms with Crippen molar-refractivity contribution in [1.29, 1.82) is 0 Å². The van der Waals surface area contributed by atoms with Crippen molar-refractivity contribution in [2.75, 3.05) is 19.5 Å². The summed E-state index contributed by atoms with van der Waals surface area (Å²) in [5, 5.41) is 0. The van der Waals surface area contributed by atoms with Crippen molar-refractivity contribution in [3.8, 4) is 0 Å². The minimum atomic E-state index is -3.45. The van der Waals surface area contributed by atoms with Gasteiger partial charge in [-0.15, -0.1) is 0 Å². The van der Waals surface area contributed by atoms with Crippen molar-refractivity contribution < 1.29 is 13.2 Å². The second-order valence-corrected chi connectivity index (χ2v) is 6.40. The van der Waals surface area contributed by atoms with Gasteiger partial charge in [-0.2, -0.15) is 0 Å². The molecule has 112 valence electrons. The van der Waals surface area contributed by atoms with Crippen LogP contribution in [0.25, 0.3) is 0 Å². The van der Waals surface area contributed by atoms with Gasteiger partial charge in [0.05, 0.1) is 24.1 Å². The molecule has 1 aromatic carbocycles. The highest BCUT2D eigenvalue weighted by Gasteiger charge is 2.21. The lowest BCUT2D eigenvalue weighted by molar-refractivity contribution is 0.217. The first-order valence-electron chi connectivity index (χ1n) is 6.57. The number of methoxy groups -OCH3 is 1. The molecule has 1 unspecified atom stereocenters. The van der Waals surface area contributed by atoms with Crippen LogP contribution in [-0.2, 0) is 14.8 Å². The fourth-order valence-corrected chi connectivity index (χ4v) is 3.04. The van der Waals surface area contributed by atoms with Crippen LogP contribution in [0.3, 0.4) is 0 Å². The molecule has 0 saturated carbocycles. The highest BCUT2D eigenvalue weighted by Crippen LogP contribution is 2.20. The summed E-state index contributed by atoms with van der Waals surface area (Å²) in [7, 11) is -1.98. The molecule has 0 aliphatic carbocycles. The summed E-state index contributed by atoms with van der Waals surface area (Å²) < 4.78 is 31.8. The fourth-order valence-electron chi connectivity index (χ4n) is 1.92. The largest absolute Gasteiger partial charge is 0.384 e. The van der Waals surface area contributed by atoms with E-state index in [0.29, 0.717) is 5.69 Å². The van der Waals surface area contributed by atoms with Gasteiger partial charge in [0, 0.05) is 13.3 Å². The average Bonchev–Trinajstić information content (AvgIpc) is 2.52. The predicted molar refractivity (Wildman–Crippen MR) is 81.3 cm³/mol. The molecule has 0 radical (unpaired) electrons. The van der Waals surface area contributed by atoms with Gasteiger partial charge in [0.1, 0.15) is 0 Å². The SMILES string of the molecule is COCCS(=O)(=O)NC(c1ccccc1)c1ccccn1. The van der Waals surface area contributed by atoms with Crippen LogP contribution < -0.4 is 4.72 Å². The van der Waals surface area contributed by atoms with Crippen molar-refractivity contribution >= 4 is 10.0 Å². The van der Waals surface area contributed by atoms with Crippen molar-refractivity contribution in [2.24, 2.45) is 0 Å². The van der Waals surface area contributed by atoms with E-state index in [-0.39, 0.29) is 12.4 Å². The molecular formula is C15H18N2O3S. The monoisotopic (exact) mass is 306 g/mol. The normalized spacial score (nSPS) is 13.0. The van der Waals surface area contributed by atoms with Crippen LogP contribution in [0, 0.1) is 0 Å². The molecule has 6 heteroatoms. The molecule has 21 heavy (non-hydrogen) atoms. The van der Waals surface area contributed by atoms with Gasteiger partial charge in [0.2, 0.25) is 10.0 Å². The molecule has 5 nitrogen and oxygen atoms in total. The minimum absolute atomic E-state index is 0.0837. The Balaban J connectivity index is 2.30. The van der Waals surface area contributed by atoms with E-state index in [1.807, 2.05) is 36.4 Å². The zero-order chi connectivity index (χ0) is 15.1. The molecule has 1 aromatic heterocycles. The first kappa shape index (κ1) is 15.6. The van der Waals surface area contributed by atoms with Crippen LogP contribution in [0.5, 0.6) is 0 Å². The van der Waals surface area contributed by atoms with E-state index >= 15 is 0 Å². The molecule has 0 amide bonds. The van der Waals surface area contributed by atoms with Gasteiger partial charge in [-0.25, -0.2) is 13.1 Å². The molecule has 1 atom stereocenters. The van der Waals surface area contributed by atoms with Crippen molar-refractivity contribution in [1.82, 2.24) is 9.71 Å². The molecule has 2 rings (SSSR count). The van der Waals surface area contributed by atoms with Crippen LogP contribution in [0.15, 0.2) is 54.7 Å². The number of ether oxygens (including phenoxy) is 1. The number of nitrogens with one attached hydrogen (secondary N) is 1. The molecule has 2 aromatic rings. The quantitative estimate of drug-likeness (QED) is 0.846. The second kappa shape index (κ2) is 7.31. The first-order valence-corrected chi connectivity index (χ1v) is 8.22. The molecule has 0 bridgehead atoms. The molecule has 1 N–H and O–H groups in total. The van der Waals surface area contributed by atoms with Crippen LogP contribution in [-0.4, -0.2) is 32.9 Å². The summed E-state index contributed by atoms with van der Waals surface area (Å²) >= 11 is 0. The molecule has 1 heterocycles. The highest BCUT2D eigenvalue weighted by atomic mass is 32.2. The Labute approximate surface area is 125 Å². The maximum absolute atomic E-state index is 12.1. The highest BCUT2D eigenvalue weighted by molar-refractivity contribution is 7.89. The Morgan fingerprint density at radius 2 is 1.86 bits per heavy atom. The number of benzene rings is 1. The van der Waals surface area contributed by atoms with Gasteiger partial charge in [0.15, 0.2) is 0 Å². The number of pyridine rings is 1. The Kier molecular flexibility index (Phi) is 5.44. The summed E-state index contributed by atoms with van der Waals surface area (Å²) in [6, 6.07) is 14.3. The third-order valence-electron chi connectivity index (χ3n) is 2.97. The molecule has 0 spiro atoms. The minimum Gasteiger partial charge on any atom is -0.384 e. The van der Waals surface area contributed by atoms with Gasteiger partial charge >= 0.3 is 0 Å². The molecule has 0 fully saturated rings. The zero-order valence-electron chi connectivity index (χ0n) is 11.8. The molecule has 0 aliphatic rings. The number of nitrogens with zero attached hydrogens (tertiary/aromatic N) is 1. The Morgan fingerprint density at radius 3 is 2.48 bits per heavy atom. The summed E-state index contributed by atoms with van der Waals surface area (Å²) in [6.07, 6.45) is 1.65. The molecular weight excluding hydrogens is 288 g/mol. The van der Waals surface area contributed by atoms with E-state index in [9.17, 15) is 8.42 Å². The van der Waals surface area contributed by atoms with Crippen LogP contribution in [0.1, 0.15) is 17.3 Å². The third kappa shape index (κ3) is 4.63. The number of hydrogen-bond donors (Lipinski definition) is 1. The Hall–Kier alpha value is -1.76. The number of sulfonamides is 1. The van der Waals surface area contributed by atoms with Gasteiger partial charge in [-0.1, -0.05) is 36.4 Å². The van der Waals surface area contributed by atoms with Gasteiger partial charge in [0.25, 0.3) is 0 Å². The standard InChI is InChI=1S/C15H18N2O3S/c1-20-11-12-21(18,19)17-15(13-7-3-2-4-8-13)14-9-5-6-10-16-14/h2-10,15,17H,11-12H2,1H3. The zero-order valence-corrected chi connectivity index (χ0v) is 12.6. The fraction of sp³-hybridized carbons (Fsp3) is 0.267. The summed E-state index contributed by atoms with van der Waals surface area (Å²) in [5.41, 5.74) is 1.50. The lowest BCUT2D eigenvalue weighted by atomic mass is 10.0. The Morgan fingerprint density at radius 1 is 1.14 bits per heavy atom. The topological polar surface area (TPSA) is 68.3 Å². The summed E-state index contributed by atoms with van der Waals surface area (Å²) in [6.45, 7) is 0.152. The third-order valence-corrected chi connectivity index (χ3v) is 4.27. The van der Waals surface area contributed by atoms with Crippen LogP contribution in [0.4, 0.5) is 0 Å². The van der Waals surface area contributed by atoms with E-state index < -0.39 is 16.1 Å². The van der Waals surface area contributed by atoms with Gasteiger partial charge in [-0.05, 0) is 17.7 Å². The predicted octanol–water partition coefficient (Wildman–Crippen LogP) is 1.74. The van der Waals surface area contributed by atoms with Gasteiger partial charge < -0.3 is 4.74 Å². The summed E-state index contributed by atoms with van der Waals surface area (Å²) in [5.74, 6) is -0.0837. The molecule has 0 saturated heterocycles. The Bertz CT molecular complexity index is 606. The second-order valence-electron chi connectivity index (χ2n) is 4.53. The van der Waals surface area contributed by atoms with Crippen molar-refractivity contribution in [3.05, 3.63) is 66.0 Å². The van der Waals surface area contributed by atoms with Crippen LogP contribution >= 0.6 is 0 Å². The summed E-state index contributed by atoms with van der Waals surface area (Å²) in [4.78, 5) is 4.26. The van der Waals surface area contributed by atoms with Crippen molar-refractivity contribution in [3.63, 3.8) is 0 Å². The number of rotatable bonds is 7. The lowest BCUT2D eigenvalue weighted by Gasteiger charge is -2.18. The number of hydrogen-bond acceptors (Lipinski definition) is 4. The molecule has 0 aliphatic heterocycles. The van der Waals surface area contributed by atoms with Gasteiger partial charge in [-0.3, -0.25) is 4.98 Å².